The number of aliphatic hydroxyl groups is 3. The summed E-state index contributed by atoms with van der Waals surface area (Å²) in [6, 6.07) is 0. The Morgan fingerprint density at radius 1 is 1.05 bits per heavy atom. The zero-order chi connectivity index (χ0) is 15.5. The fraction of sp³-hybridized carbons (Fsp3) is 0.875. The Labute approximate surface area is 127 Å². The van der Waals surface area contributed by atoms with E-state index in [2.05, 4.69) is 19.1 Å². The molecule has 0 bridgehead atoms. The van der Waals surface area contributed by atoms with Crippen LogP contribution in [0.2, 0.25) is 0 Å². The van der Waals surface area contributed by atoms with Gasteiger partial charge >= 0.3 is 0 Å². The van der Waals surface area contributed by atoms with E-state index < -0.39 is 24.4 Å². The Kier molecular flexibility index (Phi) is 9.87. The Hall–Kier alpha value is -0.460. The van der Waals surface area contributed by atoms with Gasteiger partial charge in [0.05, 0.1) is 19.8 Å². The third-order valence-corrected chi connectivity index (χ3v) is 3.71. The number of hydrogen-bond acceptors (Lipinski definition) is 5. The lowest BCUT2D eigenvalue weighted by atomic mass is 10.0. The zero-order valence-electron chi connectivity index (χ0n) is 13.0. The van der Waals surface area contributed by atoms with Gasteiger partial charge in [0.25, 0.3) is 0 Å². The summed E-state index contributed by atoms with van der Waals surface area (Å²) >= 11 is 0. The van der Waals surface area contributed by atoms with Crippen molar-refractivity contribution in [1.82, 2.24) is 0 Å². The predicted molar refractivity (Wildman–Crippen MR) is 81.1 cm³/mol. The van der Waals surface area contributed by atoms with Gasteiger partial charge in [-0.15, -0.1) is 0 Å². The van der Waals surface area contributed by atoms with Crippen molar-refractivity contribution in [3.63, 3.8) is 0 Å². The predicted octanol–water partition coefficient (Wildman–Crippen LogP) is 1.40. The normalized spacial score (nSPS) is 30.1. The van der Waals surface area contributed by atoms with Gasteiger partial charge in [-0.2, -0.15) is 0 Å². The summed E-state index contributed by atoms with van der Waals surface area (Å²) < 4.78 is 10.7. The number of hydrogen-bond donors (Lipinski definition) is 3. The smallest absolute Gasteiger partial charge is 0.111 e. The number of allylic oxidation sites excluding steroid dienone is 1. The first kappa shape index (κ1) is 18.6. The molecule has 0 saturated carbocycles. The molecule has 0 aliphatic carbocycles. The molecule has 1 rings (SSSR count). The van der Waals surface area contributed by atoms with Gasteiger partial charge in [0.2, 0.25) is 0 Å². The average Bonchev–Trinajstić information content (AvgIpc) is 2.49. The van der Waals surface area contributed by atoms with Crippen molar-refractivity contribution < 1.29 is 24.8 Å². The molecule has 1 saturated heterocycles. The van der Waals surface area contributed by atoms with E-state index in [0.29, 0.717) is 6.61 Å². The van der Waals surface area contributed by atoms with Crippen molar-refractivity contribution in [1.29, 1.82) is 0 Å². The summed E-state index contributed by atoms with van der Waals surface area (Å²) in [5.74, 6) is 0. The topological polar surface area (TPSA) is 79.2 Å². The Bertz CT molecular complexity index is 282. The molecule has 1 fully saturated rings. The minimum Gasteiger partial charge on any atom is -0.388 e. The van der Waals surface area contributed by atoms with Crippen molar-refractivity contribution in [3.8, 4) is 0 Å². The third kappa shape index (κ3) is 7.38. The second-order valence-electron chi connectivity index (χ2n) is 5.60. The summed E-state index contributed by atoms with van der Waals surface area (Å²) in [7, 11) is 0. The summed E-state index contributed by atoms with van der Waals surface area (Å²) in [5, 5.41) is 28.6. The molecule has 1 aliphatic rings. The zero-order valence-corrected chi connectivity index (χ0v) is 13.0. The van der Waals surface area contributed by atoms with Gasteiger partial charge in [-0.05, 0) is 19.3 Å². The Morgan fingerprint density at radius 2 is 1.81 bits per heavy atom. The van der Waals surface area contributed by atoms with Crippen molar-refractivity contribution >= 4 is 0 Å². The van der Waals surface area contributed by atoms with E-state index in [-0.39, 0.29) is 13.2 Å². The molecule has 0 radical (unpaired) electrons. The number of ether oxygens (including phenoxy) is 2. The molecular formula is C16H30O5. The van der Waals surface area contributed by atoms with Gasteiger partial charge in [-0.25, -0.2) is 0 Å². The monoisotopic (exact) mass is 302 g/mol. The van der Waals surface area contributed by atoms with Gasteiger partial charge in [0.15, 0.2) is 0 Å². The van der Waals surface area contributed by atoms with Crippen molar-refractivity contribution in [2.45, 2.75) is 69.9 Å². The molecule has 1 aliphatic heterocycles. The van der Waals surface area contributed by atoms with E-state index in [0.717, 1.165) is 12.8 Å². The molecule has 124 valence electrons. The van der Waals surface area contributed by atoms with E-state index in [1.54, 1.807) is 0 Å². The maximum atomic E-state index is 9.72. The molecule has 0 aromatic rings. The first-order valence-electron chi connectivity index (χ1n) is 8.05. The quantitative estimate of drug-likeness (QED) is 0.420. The Morgan fingerprint density at radius 3 is 2.57 bits per heavy atom. The van der Waals surface area contributed by atoms with Crippen LogP contribution in [0, 0.1) is 0 Å². The van der Waals surface area contributed by atoms with E-state index in [1.165, 1.54) is 25.7 Å². The van der Waals surface area contributed by atoms with E-state index in [4.69, 9.17) is 9.47 Å². The standard InChI is InChI=1S/C16H30O5/c1-2-3-4-5-6-7-8-9-10-20-12-14-16(19)15(18)13(17)11-21-14/h7-8,13-19H,2-6,9-12H2,1H3/b8-7+/t13-,14+,15+,16+/m0/s1. The van der Waals surface area contributed by atoms with E-state index in [1.807, 2.05) is 0 Å². The molecule has 1 heterocycles. The lowest BCUT2D eigenvalue weighted by Crippen LogP contribution is -2.54. The molecule has 0 spiro atoms. The second kappa shape index (κ2) is 11.2. The van der Waals surface area contributed by atoms with Crippen LogP contribution in [0.3, 0.4) is 0 Å². The fourth-order valence-electron chi connectivity index (χ4n) is 2.29. The molecule has 0 aromatic heterocycles. The van der Waals surface area contributed by atoms with Crippen LogP contribution in [-0.4, -0.2) is 59.6 Å². The van der Waals surface area contributed by atoms with Crippen LogP contribution in [0.15, 0.2) is 12.2 Å². The highest BCUT2D eigenvalue weighted by molar-refractivity contribution is 4.86. The van der Waals surface area contributed by atoms with Crippen molar-refractivity contribution in [2.24, 2.45) is 0 Å². The van der Waals surface area contributed by atoms with Crippen LogP contribution in [0.4, 0.5) is 0 Å². The van der Waals surface area contributed by atoms with Crippen LogP contribution < -0.4 is 0 Å². The largest absolute Gasteiger partial charge is 0.388 e. The highest BCUT2D eigenvalue weighted by Crippen LogP contribution is 2.15. The molecule has 5 nitrogen and oxygen atoms in total. The SMILES string of the molecule is CCCCCC/C=C/CCOC[C@H]1OC[C@H](O)[C@@H](O)[C@@H]1O. The van der Waals surface area contributed by atoms with Crippen LogP contribution in [-0.2, 0) is 9.47 Å². The van der Waals surface area contributed by atoms with Crippen LogP contribution >= 0.6 is 0 Å². The molecule has 5 heteroatoms. The lowest BCUT2D eigenvalue weighted by Gasteiger charge is -2.35. The van der Waals surface area contributed by atoms with Gasteiger partial charge in [-0.3, -0.25) is 0 Å². The molecule has 3 N–H and O–H groups in total. The maximum Gasteiger partial charge on any atom is 0.111 e. The highest BCUT2D eigenvalue weighted by Gasteiger charge is 2.37. The first-order chi connectivity index (χ1) is 10.2. The summed E-state index contributed by atoms with van der Waals surface area (Å²) in [6.07, 6.45) is 7.52. The van der Waals surface area contributed by atoms with Crippen LogP contribution in [0.1, 0.15) is 45.4 Å². The number of unbranched alkanes of at least 4 members (excludes halogenated alkanes) is 4. The maximum absolute atomic E-state index is 9.72. The van der Waals surface area contributed by atoms with E-state index in [9.17, 15) is 15.3 Å². The molecule has 21 heavy (non-hydrogen) atoms. The Balaban J connectivity index is 2.00. The van der Waals surface area contributed by atoms with Gasteiger partial charge in [0.1, 0.15) is 24.4 Å². The summed E-state index contributed by atoms with van der Waals surface area (Å²) in [5.41, 5.74) is 0. The number of rotatable bonds is 10. The minimum absolute atomic E-state index is 0.0317. The molecule has 0 amide bonds. The van der Waals surface area contributed by atoms with Crippen LogP contribution in [0.25, 0.3) is 0 Å². The third-order valence-electron chi connectivity index (χ3n) is 3.71. The fourth-order valence-corrected chi connectivity index (χ4v) is 2.29. The number of aliphatic hydroxyl groups excluding tert-OH is 3. The van der Waals surface area contributed by atoms with Gasteiger partial charge in [0, 0.05) is 0 Å². The molecular weight excluding hydrogens is 272 g/mol. The second-order valence-corrected chi connectivity index (χ2v) is 5.60. The average molecular weight is 302 g/mol. The summed E-state index contributed by atoms with van der Waals surface area (Å²) in [6.45, 7) is 3.04. The lowest BCUT2D eigenvalue weighted by molar-refractivity contribution is -0.199. The minimum atomic E-state index is -1.16. The van der Waals surface area contributed by atoms with Gasteiger partial charge in [-0.1, -0.05) is 38.3 Å². The molecule has 0 aromatic carbocycles. The molecule has 4 atom stereocenters. The van der Waals surface area contributed by atoms with E-state index >= 15 is 0 Å². The van der Waals surface area contributed by atoms with Gasteiger partial charge < -0.3 is 24.8 Å². The molecule has 0 unspecified atom stereocenters. The van der Waals surface area contributed by atoms with Crippen molar-refractivity contribution in [3.05, 3.63) is 12.2 Å². The highest BCUT2D eigenvalue weighted by atomic mass is 16.6. The van der Waals surface area contributed by atoms with Crippen LogP contribution in [0.5, 0.6) is 0 Å². The summed E-state index contributed by atoms with van der Waals surface area (Å²) in [4.78, 5) is 0. The van der Waals surface area contributed by atoms with Crippen molar-refractivity contribution in [2.75, 3.05) is 19.8 Å². The first-order valence-corrected chi connectivity index (χ1v) is 8.05.